The zero-order chi connectivity index (χ0) is 27.4. The molecule has 5 rings (SSSR count). The number of nitrogens with zero attached hydrogens (tertiary/aromatic N) is 3. The standard InChI is InChI=1S/C29H26FN5O3S/c1-18(24(36)14-28(37)34-20-6-4-3-5-7-20)33-15-19-8-9-25(21(30)12-19)38-26-10-11-32-22-13-27(39-29(22)26)23-16-31-17-35(23)2/h3-13,16-18,33H,14-15H2,1-2H3,(H,34,37). The third kappa shape index (κ3) is 6.19. The molecule has 2 N–H and O–H groups in total. The topological polar surface area (TPSA) is 98.1 Å². The molecule has 0 saturated heterocycles. The lowest BCUT2D eigenvalue weighted by Crippen LogP contribution is -2.35. The highest BCUT2D eigenvalue weighted by molar-refractivity contribution is 7.22. The number of hydrogen-bond acceptors (Lipinski definition) is 7. The second-order valence-electron chi connectivity index (χ2n) is 9.05. The Balaban J connectivity index is 1.20. The van der Waals surface area contributed by atoms with Crippen LogP contribution < -0.4 is 15.4 Å². The first-order chi connectivity index (χ1) is 18.9. The molecule has 0 fully saturated rings. The lowest BCUT2D eigenvalue weighted by molar-refractivity contribution is -0.126. The number of fused-ring (bicyclic) bond motifs is 1. The number of Topliss-reactive ketones (excluding diaryl/α,β-unsaturated/α-hetero) is 1. The average molecular weight is 544 g/mol. The van der Waals surface area contributed by atoms with Crippen molar-refractivity contribution in [2.45, 2.75) is 25.9 Å². The summed E-state index contributed by atoms with van der Waals surface area (Å²) < 4.78 is 23.7. The number of ketones is 1. The quantitative estimate of drug-likeness (QED) is 0.219. The Labute approximate surface area is 228 Å². The summed E-state index contributed by atoms with van der Waals surface area (Å²) in [5, 5.41) is 5.76. The maximum atomic E-state index is 15.0. The van der Waals surface area contributed by atoms with Crippen LogP contribution in [-0.2, 0) is 23.2 Å². The van der Waals surface area contributed by atoms with Crippen LogP contribution in [0.1, 0.15) is 18.9 Å². The van der Waals surface area contributed by atoms with Gasteiger partial charge in [0.25, 0.3) is 0 Å². The van der Waals surface area contributed by atoms with Crippen molar-refractivity contribution in [2.75, 3.05) is 5.32 Å². The Kier molecular flexibility index (Phi) is 7.76. The number of anilines is 1. The van der Waals surface area contributed by atoms with E-state index in [0.29, 0.717) is 17.0 Å². The molecule has 0 radical (unpaired) electrons. The summed E-state index contributed by atoms with van der Waals surface area (Å²) in [6, 6.07) is 16.7. The van der Waals surface area contributed by atoms with Crippen molar-refractivity contribution < 1.29 is 18.7 Å². The molecule has 0 aliphatic heterocycles. The molecule has 1 unspecified atom stereocenters. The number of aromatic nitrogens is 3. The highest BCUT2D eigenvalue weighted by atomic mass is 32.1. The fourth-order valence-corrected chi connectivity index (χ4v) is 5.11. The number of para-hydroxylation sites is 1. The van der Waals surface area contributed by atoms with E-state index < -0.39 is 11.9 Å². The molecule has 1 atom stereocenters. The first-order valence-corrected chi connectivity index (χ1v) is 13.1. The van der Waals surface area contributed by atoms with Gasteiger partial charge in [0.15, 0.2) is 17.3 Å². The largest absolute Gasteiger partial charge is 0.453 e. The lowest BCUT2D eigenvalue weighted by Gasteiger charge is -2.14. The number of hydrogen-bond donors (Lipinski definition) is 2. The molecule has 5 aromatic rings. The zero-order valence-corrected chi connectivity index (χ0v) is 22.2. The van der Waals surface area contributed by atoms with E-state index in [0.717, 1.165) is 20.8 Å². The number of aryl methyl sites for hydroxylation is 1. The van der Waals surface area contributed by atoms with E-state index in [1.54, 1.807) is 68.1 Å². The van der Waals surface area contributed by atoms with Crippen LogP contribution in [0.2, 0.25) is 0 Å². The number of amides is 1. The van der Waals surface area contributed by atoms with Crippen LogP contribution in [-0.4, -0.2) is 32.3 Å². The van der Waals surface area contributed by atoms with E-state index in [1.807, 2.05) is 23.7 Å². The fourth-order valence-electron chi connectivity index (χ4n) is 3.99. The fraction of sp³-hybridized carbons (Fsp3) is 0.172. The van der Waals surface area contributed by atoms with Crippen LogP contribution in [0.3, 0.4) is 0 Å². The number of ether oxygens (including phenoxy) is 1. The average Bonchev–Trinajstić information content (AvgIpc) is 3.55. The number of thiophene rings is 1. The first kappa shape index (κ1) is 26.2. The Morgan fingerprint density at radius 3 is 2.67 bits per heavy atom. The highest BCUT2D eigenvalue weighted by Crippen LogP contribution is 2.39. The van der Waals surface area contributed by atoms with Gasteiger partial charge in [0, 0.05) is 31.5 Å². The Hall–Kier alpha value is -4.41. The summed E-state index contributed by atoms with van der Waals surface area (Å²) in [5.41, 5.74) is 2.99. The first-order valence-electron chi connectivity index (χ1n) is 12.3. The van der Waals surface area contributed by atoms with Crippen LogP contribution in [0.25, 0.3) is 20.8 Å². The van der Waals surface area contributed by atoms with Crippen molar-refractivity contribution in [3.63, 3.8) is 0 Å². The second-order valence-corrected chi connectivity index (χ2v) is 10.1. The van der Waals surface area contributed by atoms with Crippen LogP contribution in [0.5, 0.6) is 11.5 Å². The molecule has 3 heterocycles. The number of halogens is 1. The van der Waals surface area contributed by atoms with Crippen molar-refractivity contribution in [1.82, 2.24) is 19.9 Å². The molecule has 10 heteroatoms. The third-order valence-electron chi connectivity index (χ3n) is 6.15. The summed E-state index contributed by atoms with van der Waals surface area (Å²) >= 11 is 1.50. The van der Waals surface area contributed by atoms with Gasteiger partial charge in [0.05, 0.1) is 45.8 Å². The molecule has 0 bridgehead atoms. The van der Waals surface area contributed by atoms with Gasteiger partial charge in [-0.3, -0.25) is 14.6 Å². The number of carbonyl (C=O) groups is 2. The Morgan fingerprint density at radius 1 is 1.10 bits per heavy atom. The maximum absolute atomic E-state index is 15.0. The molecule has 0 spiro atoms. The van der Waals surface area contributed by atoms with Crippen molar-refractivity contribution in [2.24, 2.45) is 7.05 Å². The molecule has 8 nitrogen and oxygen atoms in total. The molecule has 0 saturated carbocycles. The van der Waals surface area contributed by atoms with Gasteiger partial charge < -0.3 is 19.9 Å². The summed E-state index contributed by atoms with van der Waals surface area (Å²) in [4.78, 5) is 34.2. The van der Waals surface area contributed by atoms with Gasteiger partial charge in [-0.2, -0.15) is 0 Å². The number of imidazole rings is 1. The summed E-state index contributed by atoms with van der Waals surface area (Å²) in [6.45, 7) is 1.93. The zero-order valence-electron chi connectivity index (χ0n) is 21.3. The molecular formula is C29H26FN5O3S. The maximum Gasteiger partial charge on any atom is 0.231 e. The molecule has 2 aromatic carbocycles. The van der Waals surface area contributed by atoms with Gasteiger partial charge in [0.1, 0.15) is 5.75 Å². The van der Waals surface area contributed by atoms with Crippen molar-refractivity contribution in [1.29, 1.82) is 0 Å². The van der Waals surface area contributed by atoms with Gasteiger partial charge in [-0.05, 0) is 42.8 Å². The van der Waals surface area contributed by atoms with E-state index in [9.17, 15) is 14.0 Å². The number of pyridine rings is 1. The number of carbonyl (C=O) groups excluding carboxylic acids is 2. The molecule has 0 aliphatic carbocycles. The molecule has 1 amide bonds. The Bertz CT molecular complexity index is 1630. The van der Waals surface area contributed by atoms with Crippen molar-refractivity contribution in [3.8, 4) is 22.1 Å². The molecule has 0 aliphatic rings. The summed E-state index contributed by atoms with van der Waals surface area (Å²) in [7, 11) is 1.92. The minimum atomic E-state index is -0.580. The monoisotopic (exact) mass is 543 g/mol. The number of rotatable bonds is 10. The predicted octanol–water partition coefficient (Wildman–Crippen LogP) is 5.70. The van der Waals surface area contributed by atoms with Crippen LogP contribution in [0.4, 0.5) is 10.1 Å². The molecule has 39 heavy (non-hydrogen) atoms. The molecule has 198 valence electrons. The van der Waals surface area contributed by atoms with Crippen molar-refractivity contribution >= 4 is 38.9 Å². The van der Waals surface area contributed by atoms with Crippen molar-refractivity contribution in [3.05, 3.63) is 90.8 Å². The summed E-state index contributed by atoms with van der Waals surface area (Å²) in [5.74, 6) is -0.564. The number of benzene rings is 2. The highest BCUT2D eigenvalue weighted by Gasteiger charge is 2.18. The van der Waals surface area contributed by atoms with Gasteiger partial charge in [-0.1, -0.05) is 24.3 Å². The molecule has 3 aromatic heterocycles. The van der Waals surface area contributed by atoms with Crippen LogP contribution >= 0.6 is 11.3 Å². The van der Waals surface area contributed by atoms with Gasteiger partial charge in [-0.15, -0.1) is 11.3 Å². The molecular weight excluding hydrogens is 517 g/mol. The van der Waals surface area contributed by atoms with E-state index in [-0.39, 0.29) is 30.4 Å². The lowest BCUT2D eigenvalue weighted by atomic mass is 10.1. The minimum absolute atomic E-state index is 0.0865. The van der Waals surface area contributed by atoms with E-state index in [4.69, 9.17) is 4.74 Å². The second kappa shape index (κ2) is 11.5. The van der Waals surface area contributed by atoms with Crippen LogP contribution in [0, 0.1) is 5.82 Å². The SMILES string of the molecule is CC(NCc1ccc(Oc2ccnc3cc(-c4cncn4C)sc23)c(F)c1)C(=O)CC(=O)Nc1ccccc1. The van der Waals surface area contributed by atoms with Gasteiger partial charge in [0.2, 0.25) is 5.91 Å². The van der Waals surface area contributed by atoms with Crippen LogP contribution in [0.15, 0.2) is 79.4 Å². The summed E-state index contributed by atoms with van der Waals surface area (Å²) in [6.07, 6.45) is 4.89. The van der Waals surface area contributed by atoms with Gasteiger partial charge in [-0.25, -0.2) is 9.37 Å². The predicted molar refractivity (Wildman–Crippen MR) is 149 cm³/mol. The van der Waals surface area contributed by atoms with Gasteiger partial charge >= 0.3 is 0 Å². The van der Waals surface area contributed by atoms with E-state index in [2.05, 4.69) is 20.6 Å². The minimum Gasteiger partial charge on any atom is -0.453 e. The smallest absolute Gasteiger partial charge is 0.231 e. The Morgan fingerprint density at radius 2 is 1.92 bits per heavy atom. The normalized spacial score (nSPS) is 11.9. The number of nitrogens with one attached hydrogen (secondary N) is 2. The third-order valence-corrected chi connectivity index (χ3v) is 7.31. The van der Waals surface area contributed by atoms with E-state index in [1.165, 1.54) is 17.4 Å². The van der Waals surface area contributed by atoms with E-state index >= 15 is 0 Å².